The monoisotopic (exact) mass is 395 g/mol. The van der Waals surface area contributed by atoms with E-state index in [-0.39, 0.29) is 5.54 Å². The molecular formula is C17H19Br2N. The molecule has 0 spiro atoms. The Morgan fingerprint density at radius 2 is 1.65 bits per heavy atom. The minimum atomic E-state index is -0.0539. The molecule has 1 N–H and O–H groups in total. The SMILES string of the molecule is Cc1cc(CNC(C)(C)c2ccc(Br)cc2)ccc1Br. The predicted molar refractivity (Wildman–Crippen MR) is 92.9 cm³/mol. The minimum absolute atomic E-state index is 0.0539. The van der Waals surface area contributed by atoms with Crippen molar-refractivity contribution in [3.8, 4) is 0 Å². The van der Waals surface area contributed by atoms with Crippen molar-refractivity contribution in [1.29, 1.82) is 0 Å². The molecule has 0 aliphatic carbocycles. The number of benzene rings is 2. The van der Waals surface area contributed by atoms with E-state index in [0.29, 0.717) is 0 Å². The quantitative estimate of drug-likeness (QED) is 0.714. The molecule has 2 rings (SSSR count). The Morgan fingerprint density at radius 3 is 2.25 bits per heavy atom. The summed E-state index contributed by atoms with van der Waals surface area (Å²) in [7, 11) is 0. The number of hydrogen-bond acceptors (Lipinski definition) is 1. The smallest absolute Gasteiger partial charge is 0.0380 e. The normalized spacial score (nSPS) is 11.7. The first-order valence-corrected chi connectivity index (χ1v) is 8.23. The second-order valence-corrected chi connectivity index (χ2v) is 7.34. The van der Waals surface area contributed by atoms with Crippen molar-refractivity contribution >= 4 is 31.9 Å². The van der Waals surface area contributed by atoms with Gasteiger partial charge >= 0.3 is 0 Å². The van der Waals surface area contributed by atoms with E-state index < -0.39 is 0 Å². The first kappa shape index (κ1) is 15.7. The van der Waals surface area contributed by atoms with Gasteiger partial charge in [-0.05, 0) is 55.7 Å². The standard InChI is InChI=1S/C17H19Br2N/c1-12-10-13(4-9-16(12)19)11-20-17(2,3)14-5-7-15(18)8-6-14/h4-10,20H,11H2,1-3H3. The first-order chi connectivity index (χ1) is 9.38. The van der Waals surface area contributed by atoms with Crippen LogP contribution in [0.1, 0.15) is 30.5 Å². The Bertz CT molecular complexity index is 588. The van der Waals surface area contributed by atoms with Crippen molar-refractivity contribution < 1.29 is 0 Å². The number of nitrogens with one attached hydrogen (secondary N) is 1. The fourth-order valence-electron chi connectivity index (χ4n) is 2.11. The van der Waals surface area contributed by atoms with E-state index in [1.54, 1.807) is 0 Å². The maximum Gasteiger partial charge on any atom is 0.0380 e. The molecule has 3 heteroatoms. The summed E-state index contributed by atoms with van der Waals surface area (Å²) in [6, 6.07) is 15.0. The molecule has 0 fully saturated rings. The van der Waals surface area contributed by atoms with Crippen molar-refractivity contribution in [1.82, 2.24) is 5.32 Å². The minimum Gasteiger partial charge on any atom is -0.304 e. The molecule has 0 saturated carbocycles. The zero-order valence-electron chi connectivity index (χ0n) is 12.0. The van der Waals surface area contributed by atoms with Crippen LogP contribution in [0.15, 0.2) is 51.4 Å². The molecule has 0 aliphatic heterocycles. The van der Waals surface area contributed by atoms with E-state index in [9.17, 15) is 0 Å². The van der Waals surface area contributed by atoms with Crippen LogP contribution in [0.2, 0.25) is 0 Å². The molecule has 0 atom stereocenters. The average molecular weight is 397 g/mol. The van der Waals surface area contributed by atoms with Crippen molar-refractivity contribution in [2.75, 3.05) is 0 Å². The Labute approximate surface area is 138 Å². The van der Waals surface area contributed by atoms with Crippen molar-refractivity contribution in [2.45, 2.75) is 32.9 Å². The fourth-order valence-corrected chi connectivity index (χ4v) is 2.62. The van der Waals surface area contributed by atoms with Crippen LogP contribution in [-0.2, 0) is 12.1 Å². The third-order valence-corrected chi connectivity index (χ3v) is 4.94. The van der Waals surface area contributed by atoms with Gasteiger partial charge in [-0.3, -0.25) is 0 Å². The summed E-state index contributed by atoms with van der Waals surface area (Å²) in [5.74, 6) is 0. The molecule has 2 aromatic rings. The molecule has 0 heterocycles. The molecule has 0 aliphatic rings. The second kappa shape index (κ2) is 6.42. The average Bonchev–Trinajstić information content (AvgIpc) is 2.41. The van der Waals surface area contributed by atoms with E-state index in [1.165, 1.54) is 16.7 Å². The van der Waals surface area contributed by atoms with Gasteiger partial charge in [0.25, 0.3) is 0 Å². The van der Waals surface area contributed by atoms with Crippen LogP contribution in [0, 0.1) is 6.92 Å². The largest absolute Gasteiger partial charge is 0.304 e. The number of rotatable bonds is 4. The maximum atomic E-state index is 3.63. The summed E-state index contributed by atoms with van der Waals surface area (Å²) in [5, 5.41) is 3.63. The van der Waals surface area contributed by atoms with Crippen LogP contribution in [0.5, 0.6) is 0 Å². The van der Waals surface area contributed by atoms with Crippen LogP contribution in [0.3, 0.4) is 0 Å². The van der Waals surface area contributed by atoms with Gasteiger partial charge in [0.15, 0.2) is 0 Å². The van der Waals surface area contributed by atoms with Gasteiger partial charge in [0.05, 0.1) is 0 Å². The van der Waals surface area contributed by atoms with E-state index in [2.05, 4.69) is 100 Å². The van der Waals surface area contributed by atoms with Gasteiger partial charge in [0.2, 0.25) is 0 Å². The molecule has 0 bridgehead atoms. The van der Waals surface area contributed by atoms with Crippen LogP contribution in [0.4, 0.5) is 0 Å². The predicted octanol–water partition coefficient (Wildman–Crippen LogP) is 5.54. The topological polar surface area (TPSA) is 12.0 Å². The van der Waals surface area contributed by atoms with Gasteiger partial charge in [-0.15, -0.1) is 0 Å². The summed E-state index contributed by atoms with van der Waals surface area (Å²) in [4.78, 5) is 0. The second-order valence-electron chi connectivity index (χ2n) is 5.57. The molecular weight excluding hydrogens is 378 g/mol. The number of aryl methyl sites for hydroxylation is 1. The van der Waals surface area contributed by atoms with Gasteiger partial charge in [-0.25, -0.2) is 0 Å². The lowest BCUT2D eigenvalue weighted by atomic mass is 9.94. The molecule has 2 aromatic carbocycles. The summed E-state index contributed by atoms with van der Waals surface area (Å²) < 4.78 is 2.27. The molecule has 20 heavy (non-hydrogen) atoms. The fraction of sp³-hybridized carbons (Fsp3) is 0.294. The van der Waals surface area contributed by atoms with Gasteiger partial charge in [0, 0.05) is 21.0 Å². The first-order valence-electron chi connectivity index (χ1n) is 6.64. The van der Waals surface area contributed by atoms with E-state index in [0.717, 1.165) is 15.5 Å². The van der Waals surface area contributed by atoms with Crippen LogP contribution < -0.4 is 5.32 Å². The third-order valence-electron chi connectivity index (χ3n) is 3.52. The lowest BCUT2D eigenvalue weighted by Crippen LogP contribution is -2.35. The highest BCUT2D eigenvalue weighted by Crippen LogP contribution is 2.23. The Balaban J connectivity index is 2.08. The Morgan fingerprint density at radius 1 is 1.00 bits per heavy atom. The maximum absolute atomic E-state index is 3.63. The Kier molecular flexibility index (Phi) is 5.05. The lowest BCUT2D eigenvalue weighted by molar-refractivity contribution is 0.401. The third kappa shape index (κ3) is 3.94. The number of halogens is 2. The lowest BCUT2D eigenvalue weighted by Gasteiger charge is -2.27. The van der Waals surface area contributed by atoms with Gasteiger partial charge < -0.3 is 5.32 Å². The van der Waals surface area contributed by atoms with E-state index in [1.807, 2.05) is 0 Å². The van der Waals surface area contributed by atoms with Crippen molar-refractivity contribution in [3.63, 3.8) is 0 Å². The van der Waals surface area contributed by atoms with Crippen LogP contribution in [-0.4, -0.2) is 0 Å². The van der Waals surface area contributed by atoms with Crippen LogP contribution in [0.25, 0.3) is 0 Å². The Hall–Kier alpha value is -0.640. The molecule has 0 amide bonds. The molecule has 0 saturated heterocycles. The summed E-state index contributed by atoms with van der Waals surface area (Å²) in [6.45, 7) is 7.40. The highest BCUT2D eigenvalue weighted by Gasteiger charge is 2.19. The van der Waals surface area contributed by atoms with E-state index >= 15 is 0 Å². The van der Waals surface area contributed by atoms with Crippen molar-refractivity contribution in [3.05, 3.63) is 68.1 Å². The zero-order valence-corrected chi connectivity index (χ0v) is 15.2. The van der Waals surface area contributed by atoms with Gasteiger partial charge in [0.1, 0.15) is 0 Å². The highest BCUT2D eigenvalue weighted by molar-refractivity contribution is 9.10. The molecule has 106 valence electrons. The molecule has 1 nitrogen and oxygen atoms in total. The highest BCUT2D eigenvalue weighted by atomic mass is 79.9. The summed E-state index contributed by atoms with van der Waals surface area (Å²) in [5.41, 5.74) is 3.80. The van der Waals surface area contributed by atoms with Crippen LogP contribution >= 0.6 is 31.9 Å². The van der Waals surface area contributed by atoms with Gasteiger partial charge in [-0.2, -0.15) is 0 Å². The zero-order chi connectivity index (χ0) is 14.8. The van der Waals surface area contributed by atoms with Gasteiger partial charge in [-0.1, -0.05) is 56.1 Å². The van der Waals surface area contributed by atoms with E-state index in [4.69, 9.17) is 0 Å². The molecule has 0 unspecified atom stereocenters. The summed E-state index contributed by atoms with van der Waals surface area (Å²) in [6.07, 6.45) is 0. The molecule has 0 radical (unpaired) electrons. The summed E-state index contributed by atoms with van der Waals surface area (Å²) >= 11 is 7.02. The number of hydrogen-bond donors (Lipinski definition) is 1. The molecule has 0 aromatic heterocycles. The van der Waals surface area contributed by atoms with Crippen molar-refractivity contribution in [2.24, 2.45) is 0 Å².